The number of rotatable bonds is 7. The summed E-state index contributed by atoms with van der Waals surface area (Å²) < 4.78 is 10.4. The number of para-hydroxylation sites is 2. The molecule has 0 saturated heterocycles. The summed E-state index contributed by atoms with van der Waals surface area (Å²) in [5.74, 6) is 0.569. The van der Waals surface area contributed by atoms with Gasteiger partial charge in [0.25, 0.3) is 11.8 Å². The highest BCUT2D eigenvalue weighted by molar-refractivity contribution is 6.08. The highest BCUT2D eigenvalue weighted by Gasteiger charge is 2.15. The molecule has 0 aliphatic rings. The molecule has 2 aromatic carbocycles. The third-order valence-corrected chi connectivity index (χ3v) is 4.56. The molecule has 0 radical (unpaired) electrons. The highest BCUT2D eigenvalue weighted by Crippen LogP contribution is 2.28. The van der Waals surface area contributed by atoms with Gasteiger partial charge in [0.05, 0.1) is 24.6 Å². The number of benzene rings is 2. The van der Waals surface area contributed by atoms with E-state index in [4.69, 9.17) is 9.15 Å². The van der Waals surface area contributed by atoms with Gasteiger partial charge in [-0.15, -0.1) is 0 Å². The molecular weight excluding hydrogens is 408 g/mol. The van der Waals surface area contributed by atoms with E-state index in [0.717, 1.165) is 0 Å². The fourth-order valence-corrected chi connectivity index (χ4v) is 3.00. The predicted molar refractivity (Wildman–Crippen MR) is 122 cm³/mol. The van der Waals surface area contributed by atoms with Gasteiger partial charge in [0.2, 0.25) is 0 Å². The van der Waals surface area contributed by atoms with Crippen LogP contribution in [0.1, 0.15) is 20.9 Å². The van der Waals surface area contributed by atoms with Crippen LogP contribution in [0.3, 0.4) is 0 Å². The van der Waals surface area contributed by atoms with E-state index >= 15 is 0 Å². The zero-order chi connectivity index (χ0) is 22.3. The first-order chi connectivity index (χ1) is 15.6. The maximum Gasteiger partial charge on any atom is 0.291 e. The summed E-state index contributed by atoms with van der Waals surface area (Å²) in [5.41, 5.74) is 2.20. The van der Waals surface area contributed by atoms with Crippen molar-refractivity contribution in [2.24, 2.45) is 0 Å². The quantitative estimate of drug-likeness (QED) is 0.385. The summed E-state index contributed by atoms with van der Waals surface area (Å²) >= 11 is 0. The van der Waals surface area contributed by atoms with E-state index < -0.39 is 0 Å². The molecule has 32 heavy (non-hydrogen) atoms. The molecule has 0 atom stereocenters. The fourth-order valence-electron chi connectivity index (χ4n) is 3.00. The lowest BCUT2D eigenvalue weighted by molar-refractivity contribution is 0.0994. The predicted octanol–water partition coefficient (Wildman–Crippen LogP) is 4.93. The SMILES string of the molecule is COc1ccccc1Nc1ncccc1C(=O)Nc1ccc(NC(=O)c2ccco2)cc1. The van der Waals surface area contributed by atoms with Gasteiger partial charge >= 0.3 is 0 Å². The van der Waals surface area contributed by atoms with Gasteiger partial charge in [-0.2, -0.15) is 0 Å². The summed E-state index contributed by atoms with van der Waals surface area (Å²) in [7, 11) is 1.58. The van der Waals surface area contributed by atoms with Crippen molar-refractivity contribution < 1.29 is 18.7 Å². The zero-order valence-corrected chi connectivity index (χ0v) is 17.2. The first kappa shape index (κ1) is 20.7. The Hall–Kier alpha value is -4.59. The van der Waals surface area contributed by atoms with Crippen LogP contribution in [0.4, 0.5) is 22.9 Å². The second-order valence-corrected chi connectivity index (χ2v) is 6.69. The maximum absolute atomic E-state index is 12.9. The largest absolute Gasteiger partial charge is 0.495 e. The molecule has 0 unspecified atom stereocenters. The Morgan fingerprint density at radius 2 is 1.56 bits per heavy atom. The van der Waals surface area contributed by atoms with Crippen molar-refractivity contribution in [3.8, 4) is 5.75 Å². The van der Waals surface area contributed by atoms with E-state index in [-0.39, 0.29) is 17.6 Å². The molecule has 8 heteroatoms. The number of aromatic nitrogens is 1. The Balaban J connectivity index is 1.46. The summed E-state index contributed by atoms with van der Waals surface area (Å²) in [6.45, 7) is 0. The minimum absolute atomic E-state index is 0.217. The Labute approximate surface area is 184 Å². The molecule has 0 saturated carbocycles. The minimum Gasteiger partial charge on any atom is -0.495 e. The van der Waals surface area contributed by atoms with Crippen LogP contribution >= 0.6 is 0 Å². The first-order valence-electron chi connectivity index (χ1n) is 9.75. The lowest BCUT2D eigenvalue weighted by Crippen LogP contribution is -2.15. The Bertz CT molecular complexity index is 1220. The van der Waals surface area contributed by atoms with Crippen LogP contribution in [0.2, 0.25) is 0 Å². The number of hydrogen-bond acceptors (Lipinski definition) is 6. The van der Waals surface area contributed by atoms with E-state index in [0.29, 0.717) is 34.2 Å². The van der Waals surface area contributed by atoms with Crippen molar-refractivity contribution in [2.75, 3.05) is 23.1 Å². The molecule has 4 aromatic rings. The molecule has 2 heterocycles. The van der Waals surface area contributed by atoms with Crippen LogP contribution in [0, 0.1) is 0 Å². The zero-order valence-electron chi connectivity index (χ0n) is 17.2. The van der Waals surface area contributed by atoms with Crippen molar-refractivity contribution >= 4 is 34.7 Å². The molecule has 0 aliphatic heterocycles. The van der Waals surface area contributed by atoms with Crippen molar-refractivity contribution in [3.63, 3.8) is 0 Å². The van der Waals surface area contributed by atoms with E-state index in [1.807, 2.05) is 24.3 Å². The van der Waals surface area contributed by atoms with E-state index in [2.05, 4.69) is 20.9 Å². The summed E-state index contributed by atoms with van der Waals surface area (Å²) in [6.07, 6.45) is 3.04. The second-order valence-electron chi connectivity index (χ2n) is 6.69. The van der Waals surface area contributed by atoms with Gasteiger partial charge in [-0.25, -0.2) is 4.98 Å². The smallest absolute Gasteiger partial charge is 0.291 e. The maximum atomic E-state index is 12.9. The summed E-state index contributed by atoms with van der Waals surface area (Å²) in [4.78, 5) is 29.3. The van der Waals surface area contributed by atoms with E-state index in [1.165, 1.54) is 6.26 Å². The lowest BCUT2D eigenvalue weighted by atomic mass is 10.2. The lowest BCUT2D eigenvalue weighted by Gasteiger charge is -2.13. The van der Waals surface area contributed by atoms with Gasteiger partial charge in [-0.05, 0) is 60.7 Å². The monoisotopic (exact) mass is 428 g/mol. The average molecular weight is 428 g/mol. The number of pyridine rings is 1. The number of nitrogens with zero attached hydrogens (tertiary/aromatic N) is 1. The van der Waals surface area contributed by atoms with Crippen LogP contribution in [-0.4, -0.2) is 23.9 Å². The highest BCUT2D eigenvalue weighted by atomic mass is 16.5. The van der Waals surface area contributed by atoms with Gasteiger partial charge in [0.15, 0.2) is 5.76 Å². The second kappa shape index (κ2) is 9.48. The van der Waals surface area contributed by atoms with Crippen LogP contribution in [0.25, 0.3) is 0 Å². The normalized spacial score (nSPS) is 10.3. The van der Waals surface area contributed by atoms with E-state index in [1.54, 1.807) is 61.8 Å². The number of carbonyl (C=O) groups excluding carboxylic acids is 2. The Morgan fingerprint density at radius 1 is 0.844 bits per heavy atom. The minimum atomic E-state index is -0.353. The molecule has 3 N–H and O–H groups in total. The molecule has 4 rings (SSSR count). The Morgan fingerprint density at radius 3 is 2.25 bits per heavy atom. The van der Waals surface area contributed by atoms with Gasteiger partial charge in [-0.3, -0.25) is 9.59 Å². The number of amides is 2. The average Bonchev–Trinajstić information content (AvgIpc) is 3.36. The van der Waals surface area contributed by atoms with Gasteiger partial charge in [0, 0.05) is 17.6 Å². The molecule has 2 aromatic heterocycles. The standard InChI is InChI=1S/C24H20N4O4/c1-31-20-8-3-2-7-19(20)28-22-18(6-4-14-25-22)23(29)26-16-10-12-17(13-11-16)27-24(30)21-9-5-15-32-21/h2-15H,1H3,(H,25,28)(H,26,29)(H,27,30). The first-order valence-corrected chi connectivity index (χ1v) is 9.75. The van der Waals surface area contributed by atoms with Crippen molar-refractivity contribution in [3.05, 3.63) is 96.6 Å². The number of ether oxygens (including phenoxy) is 1. The van der Waals surface area contributed by atoms with Gasteiger partial charge in [-0.1, -0.05) is 12.1 Å². The van der Waals surface area contributed by atoms with Gasteiger partial charge < -0.3 is 25.1 Å². The molecule has 0 fully saturated rings. The van der Waals surface area contributed by atoms with Crippen molar-refractivity contribution in [2.45, 2.75) is 0 Å². The number of methoxy groups -OCH3 is 1. The van der Waals surface area contributed by atoms with Crippen LogP contribution in [-0.2, 0) is 0 Å². The third-order valence-electron chi connectivity index (χ3n) is 4.56. The van der Waals surface area contributed by atoms with Crippen LogP contribution < -0.4 is 20.7 Å². The molecule has 160 valence electrons. The molecule has 0 spiro atoms. The van der Waals surface area contributed by atoms with Crippen LogP contribution in [0.5, 0.6) is 5.75 Å². The summed E-state index contributed by atoms with van der Waals surface area (Å²) in [5, 5.41) is 8.72. The molecule has 0 bridgehead atoms. The number of nitrogens with one attached hydrogen (secondary N) is 3. The number of carbonyl (C=O) groups is 2. The van der Waals surface area contributed by atoms with Crippen molar-refractivity contribution in [1.82, 2.24) is 4.98 Å². The molecule has 0 aliphatic carbocycles. The third kappa shape index (κ3) is 4.76. The molecule has 8 nitrogen and oxygen atoms in total. The Kier molecular flexibility index (Phi) is 6.12. The van der Waals surface area contributed by atoms with Crippen LogP contribution in [0.15, 0.2) is 89.7 Å². The number of anilines is 4. The van der Waals surface area contributed by atoms with Gasteiger partial charge in [0.1, 0.15) is 11.6 Å². The summed E-state index contributed by atoms with van der Waals surface area (Å²) in [6, 6.07) is 20.7. The molecular formula is C24H20N4O4. The molecule has 2 amide bonds. The van der Waals surface area contributed by atoms with Crippen molar-refractivity contribution in [1.29, 1.82) is 0 Å². The van der Waals surface area contributed by atoms with E-state index in [9.17, 15) is 9.59 Å². The topological polar surface area (TPSA) is 105 Å². The fraction of sp³-hybridized carbons (Fsp3) is 0.0417. The number of furan rings is 1. The number of hydrogen-bond donors (Lipinski definition) is 3.